The number of hydrogen-bond donors (Lipinski definition) is 1. The quantitative estimate of drug-likeness (QED) is 0.935. The van der Waals surface area contributed by atoms with Crippen molar-refractivity contribution in [1.82, 2.24) is 14.7 Å². The number of thiazole rings is 1. The van der Waals surface area contributed by atoms with Crippen LogP contribution in [-0.4, -0.2) is 27.5 Å². The van der Waals surface area contributed by atoms with E-state index >= 15 is 0 Å². The smallest absolute Gasteiger partial charge is 0.195 e. The summed E-state index contributed by atoms with van der Waals surface area (Å²) >= 11 is 1.72. The maximum atomic E-state index is 4.92. The number of imidazole rings is 1. The molecule has 21 heavy (non-hydrogen) atoms. The second-order valence-corrected chi connectivity index (χ2v) is 7.81. The van der Waals surface area contributed by atoms with E-state index in [1.54, 1.807) is 11.3 Å². The minimum absolute atomic E-state index is 0.118. The van der Waals surface area contributed by atoms with Gasteiger partial charge in [0.2, 0.25) is 0 Å². The highest BCUT2D eigenvalue weighted by Crippen LogP contribution is 2.31. The van der Waals surface area contributed by atoms with Crippen LogP contribution in [0.5, 0.6) is 0 Å². The zero-order valence-corrected chi connectivity index (χ0v) is 14.3. The second-order valence-electron chi connectivity index (χ2n) is 6.94. The first-order chi connectivity index (χ1) is 9.99. The van der Waals surface area contributed by atoms with Crippen molar-refractivity contribution in [2.24, 2.45) is 0 Å². The molecule has 2 aromatic rings. The van der Waals surface area contributed by atoms with E-state index in [-0.39, 0.29) is 5.54 Å². The fourth-order valence-corrected chi connectivity index (χ4v) is 3.83. The van der Waals surface area contributed by atoms with E-state index in [1.807, 2.05) is 0 Å². The Balaban J connectivity index is 1.95. The van der Waals surface area contributed by atoms with Gasteiger partial charge in [-0.05, 0) is 40.0 Å². The van der Waals surface area contributed by atoms with Gasteiger partial charge in [0.25, 0.3) is 0 Å². The fraction of sp³-hybridized carbons (Fsp3) is 0.688. The van der Waals surface area contributed by atoms with Crippen molar-refractivity contribution in [3.8, 4) is 0 Å². The molecular weight excluding hydrogens is 280 g/mol. The minimum atomic E-state index is 0.118. The van der Waals surface area contributed by atoms with Gasteiger partial charge in [-0.3, -0.25) is 4.40 Å². The van der Waals surface area contributed by atoms with E-state index in [0.717, 1.165) is 18.1 Å². The SMILES string of the molecule is CCC1CCCN1c1nc2sccn2c1CNC(C)(C)C. The standard InChI is InChI=1S/C16H26N4S/c1-5-12-7-6-8-19(12)14-13(11-17-16(2,3)4)20-9-10-21-15(20)18-14/h9-10,12,17H,5-8,11H2,1-4H3. The van der Waals surface area contributed by atoms with Crippen LogP contribution in [0.1, 0.15) is 52.7 Å². The molecule has 0 saturated carbocycles. The van der Waals surface area contributed by atoms with E-state index in [9.17, 15) is 0 Å². The number of rotatable bonds is 4. The van der Waals surface area contributed by atoms with Crippen LogP contribution in [0.25, 0.3) is 4.96 Å². The van der Waals surface area contributed by atoms with Gasteiger partial charge in [-0.1, -0.05) is 6.92 Å². The summed E-state index contributed by atoms with van der Waals surface area (Å²) in [6.45, 7) is 10.9. The fourth-order valence-electron chi connectivity index (χ4n) is 3.10. The van der Waals surface area contributed by atoms with Crippen LogP contribution < -0.4 is 10.2 Å². The molecule has 1 fully saturated rings. The highest BCUT2D eigenvalue weighted by atomic mass is 32.1. The Morgan fingerprint density at radius 2 is 2.24 bits per heavy atom. The summed E-state index contributed by atoms with van der Waals surface area (Å²) in [4.78, 5) is 8.56. The first-order valence-electron chi connectivity index (χ1n) is 7.95. The molecule has 2 aromatic heterocycles. The van der Waals surface area contributed by atoms with Gasteiger partial charge in [-0.25, -0.2) is 4.98 Å². The van der Waals surface area contributed by atoms with Crippen molar-refractivity contribution < 1.29 is 0 Å². The van der Waals surface area contributed by atoms with Crippen LogP contribution >= 0.6 is 11.3 Å². The van der Waals surface area contributed by atoms with Gasteiger partial charge in [0.15, 0.2) is 10.8 Å². The predicted octanol–water partition coefficient (Wildman–Crippen LogP) is 3.66. The van der Waals surface area contributed by atoms with Gasteiger partial charge in [-0.15, -0.1) is 11.3 Å². The van der Waals surface area contributed by atoms with Gasteiger partial charge >= 0.3 is 0 Å². The third-order valence-electron chi connectivity index (χ3n) is 4.25. The monoisotopic (exact) mass is 306 g/mol. The van der Waals surface area contributed by atoms with Crippen LogP contribution in [0.4, 0.5) is 5.82 Å². The van der Waals surface area contributed by atoms with E-state index < -0.39 is 0 Å². The van der Waals surface area contributed by atoms with E-state index in [1.165, 1.54) is 30.8 Å². The number of fused-ring (bicyclic) bond motifs is 1. The molecule has 1 atom stereocenters. The number of nitrogens with one attached hydrogen (secondary N) is 1. The summed E-state index contributed by atoms with van der Waals surface area (Å²) in [5.41, 5.74) is 1.42. The lowest BCUT2D eigenvalue weighted by atomic mass is 10.1. The Labute approximate surface area is 131 Å². The summed E-state index contributed by atoms with van der Waals surface area (Å²) < 4.78 is 2.25. The van der Waals surface area contributed by atoms with Crippen molar-refractivity contribution in [3.63, 3.8) is 0 Å². The molecule has 1 N–H and O–H groups in total. The van der Waals surface area contributed by atoms with Crippen LogP contribution in [0.2, 0.25) is 0 Å². The lowest BCUT2D eigenvalue weighted by Gasteiger charge is -2.26. The maximum absolute atomic E-state index is 4.92. The summed E-state index contributed by atoms with van der Waals surface area (Å²) in [6, 6.07) is 0.656. The van der Waals surface area contributed by atoms with E-state index in [2.05, 4.69) is 53.9 Å². The molecule has 116 valence electrons. The minimum Gasteiger partial charge on any atom is -0.352 e. The lowest BCUT2D eigenvalue weighted by Crippen LogP contribution is -2.36. The highest BCUT2D eigenvalue weighted by Gasteiger charge is 2.28. The molecule has 3 rings (SSSR count). The lowest BCUT2D eigenvalue weighted by molar-refractivity contribution is 0.420. The maximum Gasteiger partial charge on any atom is 0.195 e. The summed E-state index contributed by atoms with van der Waals surface area (Å²) in [5.74, 6) is 1.20. The molecule has 0 bridgehead atoms. The van der Waals surface area contributed by atoms with Crippen LogP contribution in [-0.2, 0) is 6.54 Å². The van der Waals surface area contributed by atoms with E-state index in [0.29, 0.717) is 6.04 Å². The molecule has 0 spiro atoms. The summed E-state index contributed by atoms with van der Waals surface area (Å²) in [7, 11) is 0. The largest absolute Gasteiger partial charge is 0.352 e. The van der Waals surface area contributed by atoms with Crippen molar-refractivity contribution >= 4 is 22.1 Å². The predicted molar refractivity (Wildman–Crippen MR) is 90.3 cm³/mol. The number of nitrogens with zero attached hydrogens (tertiary/aromatic N) is 3. The Morgan fingerprint density at radius 3 is 2.95 bits per heavy atom. The molecule has 0 aliphatic carbocycles. The van der Waals surface area contributed by atoms with Crippen LogP contribution in [0, 0.1) is 0 Å². The average Bonchev–Trinajstić information content (AvgIpc) is 3.09. The number of aromatic nitrogens is 2. The topological polar surface area (TPSA) is 32.6 Å². The molecule has 0 aromatic carbocycles. The average molecular weight is 306 g/mol. The third kappa shape index (κ3) is 2.94. The van der Waals surface area contributed by atoms with Crippen molar-refractivity contribution in [2.45, 2.75) is 65.1 Å². The molecule has 1 aliphatic heterocycles. The highest BCUT2D eigenvalue weighted by molar-refractivity contribution is 7.15. The van der Waals surface area contributed by atoms with Crippen LogP contribution in [0.3, 0.4) is 0 Å². The summed E-state index contributed by atoms with van der Waals surface area (Å²) in [5, 5.41) is 5.74. The van der Waals surface area contributed by atoms with Gasteiger partial charge < -0.3 is 10.2 Å². The Hall–Kier alpha value is -1.07. The Kier molecular flexibility index (Phi) is 3.97. The zero-order valence-electron chi connectivity index (χ0n) is 13.5. The van der Waals surface area contributed by atoms with Crippen molar-refractivity contribution in [2.75, 3.05) is 11.4 Å². The molecule has 0 radical (unpaired) electrons. The first kappa shape index (κ1) is 14.9. The number of anilines is 1. The molecule has 5 heteroatoms. The molecule has 3 heterocycles. The van der Waals surface area contributed by atoms with Gasteiger partial charge in [0.05, 0.1) is 5.69 Å². The zero-order chi connectivity index (χ0) is 15.0. The molecule has 1 saturated heterocycles. The molecule has 1 unspecified atom stereocenters. The molecule has 0 amide bonds. The summed E-state index contributed by atoms with van der Waals surface area (Å²) in [6.07, 6.45) is 5.94. The third-order valence-corrected chi connectivity index (χ3v) is 5.00. The second kappa shape index (κ2) is 5.61. The van der Waals surface area contributed by atoms with Gasteiger partial charge in [-0.2, -0.15) is 0 Å². The Bertz CT molecular complexity index is 607. The van der Waals surface area contributed by atoms with Gasteiger partial charge in [0, 0.05) is 36.2 Å². The van der Waals surface area contributed by atoms with Gasteiger partial charge in [0.1, 0.15) is 0 Å². The van der Waals surface area contributed by atoms with Crippen molar-refractivity contribution in [3.05, 3.63) is 17.3 Å². The van der Waals surface area contributed by atoms with Crippen LogP contribution in [0.15, 0.2) is 11.6 Å². The molecule has 1 aliphatic rings. The Morgan fingerprint density at radius 1 is 1.43 bits per heavy atom. The first-order valence-corrected chi connectivity index (χ1v) is 8.83. The van der Waals surface area contributed by atoms with E-state index in [4.69, 9.17) is 4.98 Å². The normalized spacial score (nSPS) is 19.8. The molecular formula is C16H26N4S. The molecule has 4 nitrogen and oxygen atoms in total. The van der Waals surface area contributed by atoms with Crippen molar-refractivity contribution in [1.29, 1.82) is 0 Å². The number of hydrogen-bond acceptors (Lipinski definition) is 4.